The minimum absolute atomic E-state index is 0.196. The van der Waals surface area contributed by atoms with Crippen molar-refractivity contribution in [3.8, 4) is 5.75 Å². The zero-order valence-electron chi connectivity index (χ0n) is 14.5. The average Bonchev–Trinajstić information content (AvgIpc) is 3.26. The number of carbonyl (C=O) groups excluding carboxylic acids is 1. The quantitative estimate of drug-likeness (QED) is 0.802. The van der Waals surface area contributed by atoms with Crippen LogP contribution in [0.25, 0.3) is 0 Å². The lowest BCUT2D eigenvalue weighted by atomic mass is 10.2. The van der Waals surface area contributed by atoms with Crippen LogP contribution in [0.3, 0.4) is 0 Å². The molecule has 1 aliphatic heterocycles. The van der Waals surface area contributed by atoms with Crippen molar-refractivity contribution in [1.82, 2.24) is 5.16 Å². The van der Waals surface area contributed by atoms with Gasteiger partial charge in [0.15, 0.2) is 0 Å². The Morgan fingerprint density at radius 3 is 2.84 bits per heavy atom. The van der Waals surface area contributed by atoms with Crippen molar-refractivity contribution in [1.29, 1.82) is 0 Å². The Morgan fingerprint density at radius 2 is 2.20 bits per heavy atom. The lowest BCUT2D eigenvalue weighted by Crippen LogP contribution is -2.31. The first-order valence-electron chi connectivity index (χ1n) is 8.45. The van der Waals surface area contributed by atoms with Gasteiger partial charge in [-0.2, -0.15) is 0 Å². The first-order chi connectivity index (χ1) is 12.1. The highest BCUT2D eigenvalue weighted by Gasteiger charge is 2.17. The van der Waals surface area contributed by atoms with Gasteiger partial charge in [0.25, 0.3) is 0 Å². The summed E-state index contributed by atoms with van der Waals surface area (Å²) in [7, 11) is 0. The van der Waals surface area contributed by atoms with Gasteiger partial charge in [0.2, 0.25) is 11.8 Å². The van der Waals surface area contributed by atoms with E-state index in [1.807, 2.05) is 24.3 Å². The third kappa shape index (κ3) is 4.96. The Morgan fingerprint density at radius 1 is 1.40 bits per heavy atom. The summed E-state index contributed by atoms with van der Waals surface area (Å²) >= 11 is 0. The van der Waals surface area contributed by atoms with E-state index in [-0.39, 0.29) is 12.0 Å². The minimum Gasteiger partial charge on any atom is -0.491 e. The number of amides is 1. The van der Waals surface area contributed by atoms with Gasteiger partial charge in [-0.25, -0.2) is 0 Å². The molecule has 0 bridgehead atoms. The maximum absolute atomic E-state index is 12.1. The van der Waals surface area contributed by atoms with Gasteiger partial charge in [-0.1, -0.05) is 5.16 Å². The van der Waals surface area contributed by atoms with E-state index < -0.39 is 6.04 Å². The fourth-order valence-corrected chi connectivity index (χ4v) is 2.58. The first kappa shape index (κ1) is 17.3. The first-order valence-corrected chi connectivity index (χ1v) is 8.45. The Balaban J connectivity index is 1.47. The largest absolute Gasteiger partial charge is 0.491 e. The number of rotatable bonds is 7. The summed E-state index contributed by atoms with van der Waals surface area (Å²) in [5.41, 5.74) is 1.55. The van der Waals surface area contributed by atoms with Crippen LogP contribution in [-0.4, -0.2) is 36.4 Å². The number of hydrogen-bond donors (Lipinski definition) is 2. The fourth-order valence-electron chi connectivity index (χ4n) is 2.58. The lowest BCUT2D eigenvalue weighted by Gasteiger charge is -2.15. The number of ether oxygens (including phenoxy) is 2. The molecule has 1 aromatic carbocycles. The maximum Gasteiger partial charge on any atom is 0.248 e. The van der Waals surface area contributed by atoms with Gasteiger partial charge in [0, 0.05) is 18.4 Å². The molecule has 0 saturated carbocycles. The van der Waals surface area contributed by atoms with Crippen molar-refractivity contribution in [3.63, 3.8) is 0 Å². The molecule has 2 N–H and O–H groups in total. The summed E-state index contributed by atoms with van der Waals surface area (Å²) in [6.45, 7) is 4.97. The van der Waals surface area contributed by atoms with Crippen LogP contribution in [0.2, 0.25) is 0 Å². The van der Waals surface area contributed by atoms with Gasteiger partial charge in [-0.3, -0.25) is 10.1 Å². The Labute approximate surface area is 146 Å². The SMILES string of the molecule is Cc1cc(NC(=O)[C@@H](C)Nc2ccc(OC[C@H]3CCCO3)cc2)on1. The van der Waals surface area contributed by atoms with E-state index in [0.29, 0.717) is 12.5 Å². The van der Waals surface area contributed by atoms with Crippen molar-refractivity contribution in [3.05, 3.63) is 36.0 Å². The van der Waals surface area contributed by atoms with E-state index in [1.54, 1.807) is 19.9 Å². The predicted molar refractivity (Wildman–Crippen MR) is 93.9 cm³/mol. The van der Waals surface area contributed by atoms with Crippen LogP contribution >= 0.6 is 0 Å². The summed E-state index contributed by atoms with van der Waals surface area (Å²) in [4.78, 5) is 12.1. The minimum atomic E-state index is -0.427. The molecule has 1 saturated heterocycles. The van der Waals surface area contributed by atoms with Crippen LogP contribution in [0.15, 0.2) is 34.9 Å². The molecule has 2 aromatic rings. The van der Waals surface area contributed by atoms with Crippen molar-refractivity contribution < 1.29 is 18.8 Å². The molecule has 0 radical (unpaired) electrons. The second-order valence-corrected chi connectivity index (χ2v) is 6.16. The molecule has 1 fully saturated rings. The Kier molecular flexibility index (Phi) is 5.55. The second-order valence-electron chi connectivity index (χ2n) is 6.16. The van der Waals surface area contributed by atoms with E-state index in [0.717, 1.165) is 36.6 Å². The highest BCUT2D eigenvalue weighted by molar-refractivity contribution is 5.95. The van der Waals surface area contributed by atoms with Gasteiger partial charge in [-0.05, 0) is 51.0 Å². The van der Waals surface area contributed by atoms with E-state index >= 15 is 0 Å². The molecular formula is C18H23N3O4. The molecule has 3 rings (SSSR count). The number of hydrogen-bond acceptors (Lipinski definition) is 6. The third-order valence-corrected chi connectivity index (χ3v) is 3.97. The number of aromatic nitrogens is 1. The second kappa shape index (κ2) is 8.02. The normalized spacial score (nSPS) is 17.9. The molecule has 0 aliphatic carbocycles. The molecule has 0 unspecified atom stereocenters. The third-order valence-electron chi connectivity index (χ3n) is 3.97. The smallest absolute Gasteiger partial charge is 0.248 e. The Hall–Kier alpha value is -2.54. The van der Waals surface area contributed by atoms with Gasteiger partial charge < -0.3 is 19.3 Å². The van der Waals surface area contributed by atoms with Crippen molar-refractivity contribution >= 4 is 17.5 Å². The van der Waals surface area contributed by atoms with Crippen LogP contribution in [0, 0.1) is 6.92 Å². The van der Waals surface area contributed by atoms with Crippen molar-refractivity contribution in [2.75, 3.05) is 23.8 Å². The number of nitrogens with zero attached hydrogens (tertiary/aromatic N) is 1. The summed E-state index contributed by atoms with van der Waals surface area (Å²) < 4.78 is 16.2. The molecule has 134 valence electrons. The van der Waals surface area contributed by atoms with E-state index in [9.17, 15) is 4.79 Å². The average molecular weight is 345 g/mol. The molecule has 2 heterocycles. The predicted octanol–water partition coefficient (Wildman–Crippen LogP) is 2.98. The van der Waals surface area contributed by atoms with Crippen molar-refractivity contribution in [2.24, 2.45) is 0 Å². The molecule has 2 atom stereocenters. The zero-order valence-corrected chi connectivity index (χ0v) is 14.5. The van der Waals surface area contributed by atoms with Gasteiger partial charge in [0.1, 0.15) is 18.4 Å². The Bertz CT molecular complexity index is 693. The topological polar surface area (TPSA) is 85.6 Å². The summed E-state index contributed by atoms with van der Waals surface area (Å²) in [5, 5.41) is 9.55. The monoisotopic (exact) mass is 345 g/mol. The van der Waals surface area contributed by atoms with Crippen LogP contribution in [0.5, 0.6) is 5.75 Å². The zero-order chi connectivity index (χ0) is 17.6. The number of carbonyl (C=O) groups is 1. The summed E-state index contributed by atoms with van der Waals surface area (Å²) in [6.07, 6.45) is 2.35. The fraction of sp³-hybridized carbons (Fsp3) is 0.444. The molecular weight excluding hydrogens is 322 g/mol. The molecule has 7 nitrogen and oxygen atoms in total. The molecule has 0 spiro atoms. The van der Waals surface area contributed by atoms with Gasteiger partial charge in [-0.15, -0.1) is 0 Å². The molecule has 1 aromatic heterocycles. The molecule has 25 heavy (non-hydrogen) atoms. The molecule has 1 aliphatic rings. The van der Waals surface area contributed by atoms with E-state index in [4.69, 9.17) is 14.0 Å². The van der Waals surface area contributed by atoms with Crippen LogP contribution in [-0.2, 0) is 9.53 Å². The van der Waals surface area contributed by atoms with Crippen molar-refractivity contribution in [2.45, 2.75) is 38.8 Å². The highest BCUT2D eigenvalue weighted by Crippen LogP contribution is 2.19. The number of benzene rings is 1. The number of anilines is 2. The molecule has 1 amide bonds. The molecule has 7 heteroatoms. The van der Waals surface area contributed by atoms with E-state index in [2.05, 4.69) is 15.8 Å². The van der Waals surface area contributed by atoms with E-state index in [1.165, 1.54) is 0 Å². The van der Waals surface area contributed by atoms with Crippen LogP contribution in [0.1, 0.15) is 25.5 Å². The van der Waals surface area contributed by atoms with Gasteiger partial charge in [0.05, 0.1) is 11.8 Å². The van der Waals surface area contributed by atoms with Crippen LogP contribution < -0.4 is 15.4 Å². The highest BCUT2D eigenvalue weighted by atomic mass is 16.5. The maximum atomic E-state index is 12.1. The lowest BCUT2D eigenvalue weighted by molar-refractivity contribution is -0.116. The number of aryl methyl sites for hydroxylation is 1. The standard InChI is InChI=1S/C18H23N3O4/c1-12-10-17(25-21-12)20-18(22)13(2)19-14-5-7-15(8-6-14)24-11-16-4-3-9-23-16/h5-8,10,13,16,19H,3-4,9,11H2,1-2H3,(H,20,22)/t13-,16-/m1/s1. The van der Waals surface area contributed by atoms with Gasteiger partial charge >= 0.3 is 0 Å². The summed E-state index contributed by atoms with van der Waals surface area (Å²) in [6, 6.07) is 8.76. The number of nitrogens with one attached hydrogen (secondary N) is 2. The summed E-state index contributed by atoms with van der Waals surface area (Å²) in [5.74, 6) is 0.930. The van der Waals surface area contributed by atoms with Crippen LogP contribution in [0.4, 0.5) is 11.6 Å².